The number of fused-ring (bicyclic) bond motifs is 1. The monoisotopic (exact) mass is 208 g/mol. The summed E-state index contributed by atoms with van der Waals surface area (Å²) in [4.78, 5) is 12.3. The van der Waals surface area contributed by atoms with Gasteiger partial charge >= 0.3 is 6.09 Å². The Balaban J connectivity index is 2.38. The van der Waals surface area contributed by atoms with Crippen LogP contribution in [0.15, 0.2) is 24.3 Å². The second-order valence-electron chi connectivity index (χ2n) is 3.28. The number of methoxy groups -OCH3 is 1. The van der Waals surface area contributed by atoms with E-state index in [0.717, 1.165) is 5.69 Å². The molecule has 5 nitrogen and oxygen atoms in total. The maximum absolute atomic E-state index is 11.0. The zero-order valence-electron chi connectivity index (χ0n) is 8.30. The molecule has 1 aliphatic heterocycles. The molecule has 0 radical (unpaired) electrons. The number of carboxylic acid groups (broad SMARTS) is 1. The average molecular weight is 208 g/mol. The third-order valence-corrected chi connectivity index (χ3v) is 2.38. The van der Waals surface area contributed by atoms with Gasteiger partial charge in [0.2, 0.25) is 0 Å². The summed E-state index contributed by atoms with van der Waals surface area (Å²) in [6, 6.07) is 7.26. The Morgan fingerprint density at radius 3 is 3.00 bits per heavy atom. The standard InChI is InChI=1S/C10H12N2O3/c1-15-9-6-12(10(13)14)8-5-3-2-4-7(8)11-9/h2-5,9,11H,6H2,1H3,(H,13,14). The molecule has 1 aliphatic rings. The first-order valence-electron chi connectivity index (χ1n) is 4.61. The molecule has 0 bridgehead atoms. The highest BCUT2D eigenvalue weighted by molar-refractivity contribution is 5.92. The van der Waals surface area contributed by atoms with E-state index in [-0.39, 0.29) is 6.23 Å². The molecule has 5 heteroatoms. The van der Waals surface area contributed by atoms with Gasteiger partial charge in [-0.05, 0) is 12.1 Å². The van der Waals surface area contributed by atoms with Crippen molar-refractivity contribution in [2.75, 3.05) is 23.9 Å². The highest BCUT2D eigenvalue weighted by atomic mass is 16.5. The van der Waals surface area contributed by atoms with E-state index >= 15 is 0 Å². The van der Waals surface area contributed by atoms with Crippen LogP contribution in [0.3, 0.4) is 0 Å². The average Bonchev–Trinajstić information content (AvgIpc) is 2.27. The van der Waals surface area contributed by atoms with Gasteiger partial charge in [-0.3, -0.25) is 4.90 Å². The van der Waals surface area contributed by atoms with E-state index in [1.54, 1.807) is 13.2 Å². The largest absolute Gasteiger partial charge is 0.465 e. The van der Waals surface area contributed by atoms with Crippen LogP contribution in [0.1, 0.15) is 0 Å². The van der Waals surface area contributed by atoms with E-state index in [0.29, 0.717) is 12.2 Å². The van der Waals surface area contributed by atoms with Crippen molar-refractivity contribution in [2.45, 2.75) is 6.23 Å². The fourth-order valence-corrected chi connectivity index (χ4v) is 1.63. The van der Waals surface area contributed by atoms with Crippen molar-refractivity contribution in [1.82, 2.24) is 0 Å². The van der Waals surface area contributed by atoms with Crippen molar-refractivity contribution in [1.29, 1.82) is 0 Å². The van der Waals surface area contributed by atoms with Crippen LogP contribution in [-0.2, 0) is 4.74 Å². The van der Waals surface area contributed by atoms with Gasteiger partial charge < -0.3 is 15.2 Å². The van der Waals surface area contributed by atoms with Gasteiger partial charge in [-0.25, -0.2) is 4.79 Å². The van der Waals surface area contributed by atoms with E-state index < -0.39 is 6.09 Å². The number of benzene rings is 1. The number of para-hydroxylation sites is 2. The summed E-state index contributed by atoms with van der Waals surface area (Å²) in [7, 11) is 1.55. The van der Waals surface area contributed by atoms with Gasteiger partial charge in [0.25, 0.3) is 0 Å². The zero-order valence-corrected chi connectivity index (χ0v) is 8.30. The third kappa shape index (κ3) is 1.73. The summed E-state index contributed by atoms with van der Waals surface area (Å²) in [6.07, 6.45) is -1.26. The molecule has 2 N–H and O–H groups in total. The number of ether oxygens (including phenoxy) is 1. The van der Waals surface area contributed by atoms with Crippen LogP contribution in [0.4, 0.5) is 16.2 Å². The number of nitrogens with zero attached hydrogens (tertiary/aromatic N) is 1. The van der Waals surface area contributed by atoms with Crippen LogP contribution in [-0.4, -0.2) is 31.1 Å². The second kappa shape index (κ2) is 3.78. The minimum Gasteiger partial charge on any atom is -0.465 e. The molecule has 80 valence electrons. The Labute approximate surface area is 87.3 Å². The highest BCUT2D eigenvalue weighted by Crippen LogP contribution is 2.30. The van der Waals surface area contributed by atoms with Crippen molar-refractivity contribution < 1.29 is 14.6 Å². The van der Waals surface area contributed by atoms with Gasteiger partial charge in [-0.1, -0.05) is 12.1 Å². The van der Waals surface area contributed by atoms with Gasteiger partial charge in [-0.2, -0.15) is 0 Å². The number of nitrogens with one attached hydrogen (secondary N) is 1. The first kappa shape index (κ1) is 9.79. The molecule has 15 heavy (non-hydrogen) atoms. The van der Waals surface area contributed by atoms with E-state index in [2.05, 4.69) is 5.32 Å². The smallest absolute Gasteiger partial charge is 0.412 e. The van der Waals surface area contributed by atoms with Crippen molar-refractivity contribution in [3.8, 4) is 0 Å². The SMILES string of the molecule is COC1CN(C(=O)O)c2ccccc2N1. The lowest BCUT2D eigenvalue weighted by atomic mass is 10.2. The van der Waals surface area contributed by atoms with Crippen LogP contribution in [0.5, 0.6) is 0 Å². The van der Waals surface area contributed by atoms with Crippen molar-refractivity contribution >= 4 is 17.5 Å². The van der Waals surface area contributed by atoms with E-state index in [1.165, 1.54) is 4.90 Å². The quantitative estimate of drug-likeness (QED) is 0.735. The summed E-state index contributed by atoms with van der Waals surface area (Å²) >= 11 is 0. The molecule has 0 saturated carbocycles. The molecule has 1 amide bonds. The summed E-state index contributed by atoms with van der Waals surface area (Å²) in [5, 5.41) is 12.1. The highest BCUT2D eigenvalue weighted by Gasteiger charge is 2.27. The minimum absolute atomic E-state index is 0.294. The number of amides is 1. The maximum Gasteiger partial charge on any atom is 0.412 e. The normalized spacial score (nSPS) is 19.3. The lowest BCUT2D eigenvalue weighted by molar-refractivity contribution is 0.125. The molecule has 0 aliphatic carbocycles. The predicted octanol–water partition coefficient (Wildman–Crippen LogP) is 1.57. The fourth-order valence-electron chi connectivity index (χ4n) is 1.63. The first-order valence-corrected chi connectivity index (χ1v) is 4.61. The molecule has 1 unspecified atom stereocenters. The maximum atomic E-state index is 11.0. The Bertz CT molecular complexity index is 381. The number of rotatable bonds is 1. The van der Waals surface area contributed by atoms with Crippen molar-refractivity contribution in [3.63, 3.8) is 0 Å². The molecule has 0 fully saturated rings. The first-order chi connectivity index (χ1) is 7.22. The van der Waals surface area contributed by atoms with Crippen LogP contribution < -0.4 is 10.2 Å². The van der Waals surface area contributed by atoms with Gasteiger partial charge in [0.1, 0.15) is 6.23 Å². The molecule has 0 spiro atoms. The summed E-state index contributed by atoms with van der Waals surface area (Å²) in [6.45, 7) is 0.294. The molecule has 2 rings (SSSR count). The molecular weight excluding hydrogens is 196 g/mol. The van der Waals surface area contributed by atoms with Crippen molar-refractivity contribution in [3.05, 3.63) is 24.3 Å². The van der Waals surface area contributed by atoms with Crippen molar-refractivity contribution in [2.24, 2.45) is 0 Å². The number of hydrogen-bond donors (Lipinski definition) is 2. The summed E-state index contributed by atoms with van der Waals surface area (Å²) in [5.41, 5.74) is 1.44. The van der Waals surface area contributed by atoms with Gasteiger partial charge in [0.15, 0.2) is 0 Å². The Morgan fingerprint density at radius 1 is 1.60 bits per heavy atom. The summed E-state index contributed by atoms with van der Waals surface area (Å²) in [5.74, 6) is 0. The van der Waals surface area contributed by atoms with Gasteiger partial charge in [0, 0.05) is 7.11 Å². The molecule has 1 atom stereocenters. The number of hydrogen-bond acceptors (Lipinski definition) is 3. The van der Waals surface area contributed by atoms with Crippen LogP contribution >= 0.6 is 0 Å². The molecular formula is C10H12N2O3. The number of anilines is 2. The molecule has 0 saturated heterocycles. The molecule has 1 aromatic carbocycles. The second-order valence-corrected chi connectivity index (χ2v) is 3.28. The van der Waals surface area contributed by atoms with Crippen LogP contribution in [0, 0.1) is 0 Å². The van der Waals surface area contributed by atoms with Gasteiger partial charge in [-0.15, -0.1) is 0 Å². The van der Waals surface area contributed by atoms with Gasteiger partial charge in [0.05, 0.1) is 17.9 Å². The minimum atomic E-state index is -0.967. The van der Waals surface area contributed by atoms with E-state index in [1.807, 2.05) is 18.2 Å². The molecule has 1 heterocycles. The molecule has 0 aromatic heterocycles. The molecule has 1 aromatic rings. The Morgan fingerprint density at radius 2 is 2.33 bits per heavy atom. The summed E-state index contributed by atoms with van der Waals surface area (Å²) < 4.78 is 5.11. The predicted molar refractivity (Wildman–Crippen MR) is 56.2 cm³/mol. The topological polar surface area (TPSA) is 61.8 Å². The lowest BCUT2D eigenvalue weighted by Gasteiger charge is -2.33. The number of carbonyl (C=O) groups is 1. The Hall–Kier alpha value is -1.75. The third-order valence-electron chi connectivity index (χ3n) is 2.38. The fraction of sp³-hybridized carbons (Fsp3) is 0.300. The Kier molecular flexibility index (Phi) is 2.47. The lowest BCUT2D eigenvalue weighted by Crippen LogP contribution is -2.45. The zero-order chi connectivity index (χ0) is 10.8. The van der Waals surface area contributed by atoms with E-state index in [4.69, 9.17) is 9.84 Å². The van der Waals surface area contributed by atoms with E-state index in [9.17, 15) is 4.79 Å². The van der Waals surface area contributed by atoms with Crippen LogP contribution in [0.25, 0.3) is 0 Å². The van der Waals surface area contributed by atoms with Crippen LogP contribution in [0.2, 0.25) is 0 Å².